The fourth-order valence-electron chi connectivity index (χ4n) is 1.95. The van der Waals surface area contributed by atoms with Crippen LogP contribution in [0.25, 0.3) is 0 Å². The predicted octanol–water partition coefficient (Wildman–Crippen LogP) is 1.39. The van der Waals surface area contributed by atoms with Crippen molar-refractivity contribution in [3.63, 3.8) is 0 Å². The van der Waals surface area contributed by atoms with E-state index >= 15 is 0 Å². The lowest BCUT2D eigenvalue weighted by atomic mass is 10.1. The standard InChI is InChI=1S/C11H22N2O/c1-3-12-10(2)9-11(14)13-7-5-4-6-8-13/h10,12H,3-9H2,1-2H3. The van der Waals surface area contributed by atoms with Crippen LogP contribution in [0.5, 0.6) is 0 Å². The second kappa shape index (κ2) is 6.02. The fourth-order valence-corrected chi connectivity index (χ4v) is 1.95. The van der Waals surface area contributed by atoms with Crippen LogP contribution in [0, 0.1) is 0 Å². The molecule has 1 fully saturated rings. The van der Waals surface area contributed by atoms with E-state index < -0.39 is 0 Å². The Morgan fingerprint density at radius 2 is 2.00 bits per heavy atom. The molecular weight excluding hydrogens is 176 g/mol. The first-order valence-electron chi connectivity index (χ1n) is 5.75. The van der Waals surface area contributed by atoms with Crippen LogP contribution in [0.4, 0.5) is 0 Å². The van der Waals surface area contributed by atoms with Gasteiger partial charge in [0.05, 0.1) is 0 Å². The van der Waals surface area contributed by atoms with Crippen LogP contribution < -0.4 is 5.32 Å². The number of hydrogen-bond donors (Lipinski definition) is 1. The van der Waals surface area contributed by atoms with Crippen LogP contribution in [0.3, 0.4) is 0 Å². The molecule has 1 N–H and O–H groups in total. The Labute approximate surface area is 86.9 Å². The van der Waals surface area contributed by atoms with E-state index in [0.717, 1.165) is 19.6 Å². The highest BCUT2D eigenvalue weighted by Crippen LogP contribution is 2.10. The lowest BCUT2D eigenvalue weighted by Gasteiger charge is -2.27. The minimum absolute atomic E-state index is 0.314. The number of carbonyl (C=O) groups excluding carboxylic acids is 1. The summed E-state index contributed by atoms with van der Waals surface area (Å²) in [6, 6.07) is 0.314. The summed E-state index contributed by atoms with van der Waals surface area (Å²) < 4.78 is 0. The SMILES string of the molecule is CCNC(C)CC(=O)N1CCCCC1. The van der Waals surface area contributed by atoms with Crippen molar-refractivity contribution in [2.45, 2.75) is 45.6 Å². The average molecular weight is 198 g/mol. The maximum absolute atomic E-state index is 11.8. The van der Waals surface area contributed by atoms with Gasteiger partial charge in [-0.15, -0.1) is 0 Å². The Kier molecular flexibility index (Phi) is 4.94. The van der Waals surface area contributed by atoms with Gasteiger partial charge < -0.3 is 10.2 Å². The van der Waals surface area contributed by atoms with Gasteiger partial charge in [-0.25, -0.2) is 0 Å². The molecule has 0 spiro atoms. The summed E-state index contributed by atoms with van der Waals surface area (Å²) in [5, 5.41) is 3.27. The number of hydrogen-bond acceptors (Lipinski definition) is 2. The summed E-state index contributed by atoms with van der Waals surface area (Å²) in [4.78, 5) is 13.8. The fraction of sp³-hybridized carbons (Fsp3) is 0.909. The first-order valence-corrected chi connectivity index (χ1v) is 5.75. The van der Waals surface area contributed by atoms with Gasteiger partial charge >= 0.3 is 0 Å². The third kappa shape index (κ3) is 3.66. The molecule has 3 heteroatoms. The maximum Gasteiger partial charge on any atom is 0.224 e. The molecule has 1 unspecified atom stereocenters. The molecule has 0 bridgehead atoms. The molecule has 0 saturated carbocycles. The first kappa shape index (κ1) is 11.5. The topological polar surface area (TPSA) is 32.3 Å². The zero-order valence-electron chi connectivity index (χ0n) is 9.38. The van der Waals surface area contributed by atoms with Gasteiger partial charge in [0.1, 0.15) is 0 Å². The summed E-state index contributed by atoms with van der Waals surface area (Å²) in [7, 11) is 0. The van der Waals surface area contributed by atoms with Crippen LogP contribution in [-0.2, 0) is 4.79 Å². The van der Waals surface area contributed by atoms with Crippen molar-refractivity contribution >= 4 is 5.91 Å². The smallest absolute Gasteiger partial charge is 0.224 e. The van der Waals surface area contributed by atoms with E-state index in [0.29, 0.717) is 18.4 Å². The monoisotopic (exact) mass is 198 g/mol. The van der Waals surface area contributed by atoms with E-state index in [1.807, 2.05) is 4.90 Å². The Morgan fingerprint density at radius 3 is 2.57 bits per heavy atom. The molecule has 0 aliphatic carbocycles. The van der Waals surface area contributed by atoms with Gasteiger partial charge in [-0.1, -0.05) is 6.92 Å². The van der Waals surface area contributed by atoms with Crippen molar-refractivity contribution in [3.05, 3.63) is 0 Å². The molecule has 3 nitrogen and oxygen atoms in total. The largest absolute Gasteiger partial charge is 0.343 e. The summed E-state index contributed by atoms with van der Waals surface area (Å²) in [5.41, 5.74) is 0. The molecule has 0 aromatic heterocycles. The van der Waals surface area contributed by atoms with E-state index in [4.69, 9.17) is 0 Å². The number of nitrogens with zero attached hydrogens (tertiary/aromatic N) is 1. The number of nitrogens with one attached hydrogen (secondary N) is 1. The molecule has 0 aromatic rings. The molecule has 1 amide bonds. The minimum atomic E-state index is 0.314. The third-order valence-corrected chi connectivity index (χ3v) is 2.74. The van der Waals surface area contributed by atoms with Gasteiger partial charge in [-0.05, 0) is 32.7 Å². The molecule has 14 heavy (non-hydrogen) atoms. The molecule has 1 atom stereocenters. The molecular formula is C11H22N2O. The lowest BCUT2D eigenvalue weighted by Crippen LogP contribution is -2.39. The van der Waals surface area contributed by atoms with Crippen molar-refractivity contribution in [1.82, 2.24) is 10.2 Å². The summed E-state index contributed by atoms with van der Waals surface area (Å²) in [6.45, 7) is 7.02. The second-order valence-corrected chi connectivity index (χ2v) is 4.10. The number of carbonyl (C=O) groups is 1. The van der Waals surface area contributed by atoms with E-state index in [-0.39, 0.29) is 0 Å². The normalized spacial score (nSPS) is 19.4. The van der Waals surface area contributed by atoms with Crippen molar-refractivity contribution in [1.29, 1.82) is 0 Å². The first-order chi connectivity index (χ1) is 6.74. The summed E-state index contributed by atoms with van der Waals surface area (Å²) in [5.74, 6) is 0.318. The second-order valence-electron chi connectivity index (χ2n) is 4.10. The summed E-state index contributed by atoms with van der Waals surface area (Å²) in [6.07, 6.45) is 4.29. The highest BCUT2D eigenvalue weighted by molar-refractivity contribution is 5.76. The van der Waals surface area contributed by atoms with Crippen LogP contribution in [-0.4, -0.2) is 36.5 Å². The molecule has 1 heterocycles. The molecule has 0 aromatic carbocycles. The van der Waals surface area contributed by atoms with E-state index in [1.54, 1.807) is 0 Å². The van der Waals surface area contributed by atoms with Gasteiger partial charge in [0, 0.05) is 25.6 Å². The molecule has 0 radical (unpaired) electrons. The van der Waals surface area contributed by atoms with Gasteiger partial charge in [-0.2, -0.15) is 0 Å². The van der Waals surface area contributed by atoms with Crippen LogP contribution in [0.15, 0.2) is 0 Å². The quantitative estimate of drug-likeness (QED) is 0.740. The molecule has 1 saturated heterocycles. The Hall–Kier alpha value is -0.570. The molecule has 1 rings (SSSR count). The zero-order valence-corrected chi connectivity index (χ0v) is 9.38. The highest BCUT2D eigenvalue weighted by atomic mass is 16.2. The van der Waals surface area contributed by atoms with Crippen molar-refractivity contribution in [2.75, 3.05) is 19.6 Å². The van der Waals surface area contributed by atoms with Gasteiger partial charge in [0.2, 0.25) is 5.91 Å². The number of piperidine rings is 1. The summed E-state index contributed by atoms with van der Waals surface area (Å²) >= 11 is 0. The molecule has 1 aliphatic rings. The molecule has 82 valence electrons. The van der Waals surface area contributed by atoms with E-state index in [9.17, 15) is 4.79 Å². The Balaban J connectivity index is 2.25. The van der Waals surface area contributed by atoms with Crippen molar-refractivity contribution in [2.24, 2.45) is 0 Å². The number of rotatable bonds is 4. The van der Waals surface area contributed by atoms with Crippen molar-refractivity contribution < 1.29 is 4.79 Å². The number of likely N-dealkylation sites (tertiary alicyclic amines) is 1. The number of amides is 1. The van der Waals surface area contributed by atoms with E-state index in [1.165, 1.54) is 19.3 Å². The minimum Gasteiger partial charge on any atom is -0.343 e. The average Bonchev–Trinajstić information content (AvgIpc) is 2.19. The Bertz CT molecular complexity index is 176. The third-order valence-electron chi connectivity index (χ3n) is 2.74. The van der Waals surface area contributed by atoms with Gasteiger partial charge in [0.15, 0.2) is 0 Å². The predicted molar refractivity (Wildman–Crippen MR) is 58.2 cm³/mol. The van der Waals surface area contributed by atoms with Crippen LogP contribution >= 0.6 is 0 Å². The van der Waals surface area contributed by atoms with Crippen LogP contribution in [0.1, 0.15) is 39.5 Å². The Morgan fingerprint density at radius 1 is 1.36 bits per heavy atom. The van der Waals surface area contributed by atoms with Crippen LogP contribution in [0.2, 0.25) is 0 Å². The maximum atomic E-state index is 11.8. The van der Waals surface area contributed by atoms with Gasteiger partial charge in [0.25, 0.3) is 0 Å². The van der Waals surface area contributed by atoms with Crippen molar-refractivity contribution in [3.8, 4) is 0 Å². The zero-order chi connectivity index (χ0) is 10.4. The van der Waals surface area contributed by atoms with Gasteiger partial charge in [-0.3, -0.25) is 4.79 Å². The molecule has 1 aliphatic heterocycles. The highest BCUT2D eigenvalue weighted by Gasteiger charge is 2.17. The lowest BCUT2D eigenvalue weighted by molar-refractivity contribution is -0.132. The van der Waals surface area contributed by atoms with E-state index in [2.05, 4.69) is 19.2 Å².